The number of aryl methyl sites for hydroxylation is 2. The van der Waals surface area contributed by atoms with Crippen LogP contribution >= 0.6 is 0 Å². The molecule has 6 nitrogen and oxygen atoms in total. The lowest BCUT2D eigenvalue weighted by molar-refractivity contribution is -0.144. The molecule has 1 aromatic carbocycles. The highest BCUT2D eigenvalue weighted by Gasteiger charge is 2.19. The SMILES string of the molecule is CC.COC(=O)C(CCCCNC(=O)CCc1ccc(C)cc1)NCOC(C)(C)C. The molecule has 0 radical (unpaired) electrons. The number of rotatable bonds is 12. The first kappa shape index (κ1) is 28.1. The molecule has 0 saturated carbocycles. The molecule has 0 heterocycles. The lowest BCUT2D eigenvalue weighted by Gasteiger charge is -2.22. The molecule has 0 spiro atoms. The van der Waals surface area contributed by atoms with Crippen molar-refractivity contribution in [1.82, 2.24) is 10.6 Å². The minimum absolute atomic E-state index is 0.0572. The number of nitrogens with one attached hydrogen (secondary N) is 2. The summed E-state index contributed by atoms with van der Waals surface area (Å²) in [5, 5.41) is 6.03. The smallest absolute Gasteiger partial charge is 0.322 e. The molecular weight excluding hydrogens is 380 g/mol. The summed E-state index contributed by atoms with van der Waals surface area (Å²) < 4.78 is 10.5. The van der Waals surface area contributed by atoms with Crippen LogP contribution in [0, 0.1) is 6.92 Å². The molecule has 0 saturated heterocycles. The molecule has 6 heteroatoms. The van der Waals surface area contributed by atoms with Crippen molar-refractivity contribution in [1.29, 1.82) is 0 Å². The molecule has 2 N–H and O–H groups in total. The number of hydrogen-bond acceptors (Lipinski definition) is 5. The van der Waals surface area contributed by atoms with Crippen LogP contribution in [0.4, 0.5) is 0 Å². The van der Waals surface area contributed by atoms with Crippen LogP contribution in [-0.4, -0.2) is 43.9 Å². The quantitative estimate of drug-likeness (QED) is 0.301. The molecule has 0 aliphatic carbocycles. The second kappa shape index (κ2) is 15.9. The van der Waals surface area contributed by atoms with E-state index in [9.17, 15) is 9.59 Å². The molecule has 1 aromatic rings. The number of hydrogen-bond donors (Lipinski definition) is 2. The number of carbonyl (C=O) groups excluding carboxylic acids is 2. The van der Waals surface area contributed by atoms with Gasteiger partial charge in [0.15, 0.2) is 0 Å². The zero-order chi connectivity index (χ0) is 23.0. The third kappa shape index (κ3) is 14.1. The highest BCUT2D eigenvalue weighted by Crippen LogP contribution is 2.08. The van der Waals surface area contributed by atoms with Gasteiger partial charge in [0.05, 0.1) is 19.4 Å². The molecule has 30 heavy (non-hydrogen) atoms. The number of amides is 1. The molecule has 1 rings (SSSR count). The van der Waals surface area contributed by atoms with Crippen molar-refractivity contribution < 1.29 is 19.1 Å². The van der Waals surface area contributed by atoms with Crippen LogP contribution < -0.4 is 10.6 Å². The summed E-state index contributed by atoms with van der Waals surface area (Å²) in [6, 6.07) is 7.85. The fraction of sp³-hybridized carbons (Fsp3) is 0.667. The Hall–Kier alpha value is -1.92. The maximum atomic E-state index is 12.0. The van der Waals surface area contributed by atoms with E-state index >= 15 is 0 Å². The van der Waals surface area contributed by atoms with Crippen molar-refractivity contribution in [3.05, 3.63) is 35.4 Å². The molecule has 1 unspecified atom stereocenters. The highest BCUT2D eigenvalue weighted by atomic mass is 16.5. The van der Waals surface area contributed by atoms with Crippen molar-refractivity contribution >= 4 is 11.9 Å². The molecule has 0 fully saturated rings. The van der Waals surface area contributed by atoms with Crippen molar-refractivity contribution in [2.24, 2.45) is 0 Å². The summed E-state index contributed by atoms with van der Waals surface area (Å²) >= 11 is 0. The lowest BCUT2D eigenvalue weighted by Crippen LogP contribution is -2.41. The third-order valence-electron chi connectivity index (χ3n) is 4.32. The fourth-order valence-corrected chi connectivity index (χ4v) is 2.61. The van der Waals surface area contributed by atoms with Gasteiger partial charge in [0.25, 0.3) is 0 Å². The van der Waals surface area contributed by atoms with E-state index in [4.69, 9.17) is 9.47 Å². The van der Waals surface area contributed by atoms with Crippen LogP contribution in [0.3, 0.4) is 0 Å². The van der Waals surface area contributed by atoms with Gasteiger partial charge in [-0.1, -0.05) is 43.7 Å². The van der Waals surface area contributed by atoms with E-state index in [1.54, 1.807) is 0 Å². The Labute approximate surface area is 183 Å². The van der Waals surface area contributed by atoms with E-state index < -0.39 is 6.04 Å². The van der Waals surface area contributed by atoms with Crippen molar-refractivity contribution in [2.45, 2.75) is 85.3 Å². The van der Waals surface area contributed by atoms with E-state index in [1.807, 2.05) is 41.5 Å². The van der Waals surface area contributed by atoms with Gasteiger partial charge in [-0.15, -0.1) is 0 Å². The van der Waals surface area contributed by atoms with E-state index in [1.165, 1.54) is 18.2 Å². The Morgan fingerprint density at radius 3 is 2.27 bits per heavy atom. The average Bonchev–Trinajstić information content (AvgIpc) is 2.71. The summed E-state index contributed by atoms with van der Waals surface area (Å²) in [7, 11) is 1.38. The van der Waals surface area contributed by atoms with Gasteiger partial charge in [-0.25, -0.2) is 0 Å². The predicted octanol–water partition coefficient (Wildman–Crippen LogP) is 4.14. The lowest BCUT2D eigenvalue weighted by atomic mass is 10.1. The minimum Gasteiger partial charge on any atom is -0.468 e. The Balaban J connectivity index is 0.00000407. The van der Waals surface area contributed by atoms with Crippen LogP contribution in [-0.2, 0) is 25.5 Å². The summed E-state index contributed by atoms with van der Waals surface area (Å²) in [5.74, 6) is -0.235. The van der Waals surface area contributed by atoms with Gasteiger partial charge >= 0.3 is 5.97 Å². The Morgan fingerprint density at radius 2 is 1.70 bits per heavy atom. The highest BCUT2D eigenvalue weighted by molar-refractivity contribution is 5.76. The third-order valence-corrected chi connectivity index (χ3v) is 4.32. The van der Waals surface area contributed by atoms with Gasteiger partial charge in [-0.2, -0.15) is 0 Å². The molecular formula is C24H42N2O4. The van der Waals surface area contributed by atoms with Gasteiger partial charge in [-0.3, -0.25) is 14.9 Å². The van der Waals surface area contributed by atoms with E-state index in [0.29, 0.717) is 26.1 Å². The summed E-state index contributed by atoms with van der Waals surface area (Å²) in [6.45, 7) is 12.8. The number of carbonyl (C=O) groups is 2. The van der Waals surface area contributed by atoms with E-state index in [0.717, 1.165) is 19.3 Å². The van der Waals surface area contributed by atoms with Gasteiger partial charge in [-0.05, 0) is 58.9 Å². The molecule has 0 aliphatic heterocycles. The molecule has 1 atom stereocenters. The molecule has 0 aliphatic rings. The molecule has 172 valence electrons. The summed E-state index contributed by atoms with van der Waals surface area (Å²) in [4.78, 5) is 23.8. The van der Waals surface area contributed by atoms with Gasteiger partial charge < -0.3 is 14.8 Å². The van der Waals surface area contributed by atoms with Crippen molar-refractivity contribution in [3.63, 3.8) is 0 Å². The zero-order valence-electron chi connectivity index (χ0n) is 20.0. The number of ether oxygens (including phenoxy) is 2. The van der Waals surface area contributed by atoms with Crippen LogP contribution in [0.2, 0.25) is 0 Å². The Kier molecular flexibility index (Phi) is 14.8. The second-order valence-electron chi connectivity index (χ2n) is 8.01. The van der Waals surface area contributed by atoms with Crippen LogP contribution in [0.25, 0.3) is 0 Å². The first-order chi connectivity index (χ1) is 14.2. The van der Waals surface area contributed by atoms with Gasteiger partial charge in [0.1, 0.15) is 6.04 Å². The van der Waals surface area contributed by atoms with Gasteiger partial charge in [0.2, 0.25) is 5.91 Å². The minimum atomic E-state index is -0.399. The normalized spacial score (nSPS) is 11.8. The standard InChI is InChI=1S/C22H36N2O4.C2H6/c1-17-9-11-18(12-10-17)13-14-20(25)23-15-7-6-8-19(21(26)27-5)24-16-28-22(2,3)4;1-2/h9-12,19,24H,6-8,13-16H2,1-5H3,(H,23,25);1-2H3. The zero-order valence-corrected chi connectivity index (χ0v) is 20.0. The number of benzene rings is 1. The van der Waals surface area contributed by atoms with E-state index in [2.05, 4.69) is 34.9 Å². The monoisotopic (exact) mass is 422 g/mol. The maximum absolute atomic E-state index is 12.0. The summed E-state index contributed by atoms with van der Waals surface area (Å²) in [6.07, 6.45) is 3.49. The largest absolute Gasteiger partial charge is 0.468 e. The number of esters is 1. The molecule has 0 aromatic heterocycles. The van der Waals surface area contributed by atoms with Gasteiger partial charge in [0, 0.05) is 13.0 Å². The number of unbranched alkanes of at least 4 members (excludes halogenated alkanes) is 1. The van der Waals surface area contributed by atoms with Crippen molar-refractivity contribution in [3.8, 4) is 0 Å². The molecule has 1 amide bonds. The Morgan fingerprint density at radius 1 is 1.07 bits per heavy atom. The van der Waals surface area contributed by atoms with Crippen molar-refractivity contribution in [2.75, 3.05) is 20.4 Å². The van der Waals surface area contributed by atoms with Crippen LogP contribution in [0.15, 0.2) is 24.3 Å². The van der Waals surface area contributed by atoms with E-state index in [-0.39, 0.29) is 17.5 Å². The first-order valence-corrected chi connectivity index (χ1v) is 11.0. The average molecular weight is 423 g/mol. The second-order valence-corrected chi connectivity index (χ2v) is 8.01. The fourth-order valence-electron chi connectivity index (χ4n) is 2.61. The van der Waals surface area contributed by atoms with Crippen LogP contribution in [0.5, 0.6) is 0 Å². The maximum Gasteiger partial charge on any atom is 0.322 e. The molecule has 0 bridgehead atoms. The number of methoxy groups -OCH3 is 1. The topological polar surface area (TPSA) is 76.7 Å². The Bertz CT molecular complexity index is 594. The van der Waals surface area contributed by atoms with Crippen LogP contribution in [0.1, 0.15) is 71.4 Å². The summed E-state index contributed by atoms with van der Waals surface area (Å²) in [5.41, 5.74) is 2.12. The first-order valence-electron chi connectivity index (χ1n) is 11.0. The predicted molar refractivity (Wildman–Crippen MR) is 122 cm³/mol.